The lowest BCUT2D eigenvalue weighted by Gasteiger charge is -2.11. The van der Waals surface area contributed by atoms with Gasteiger partial charge >= 0.3 is 5.97 Å². The summed E-state index contributed by atoms with van der Waals surface area (Å²) < 4.78 is 5.07. The molecule has 0 saturated heterocycles. The van der Waals surface area contributed by atoms with Crippen LogP contribution in [0.3, 0.4) is 0 Å². The number of anilines is 1. The van der Waals surface area contributed by atoms with Crippen LogP contribution in [-0.4, -0.2) is 23.6 Å². The van der Waals surface area contributed by atoms with Crippen molar-refractivity contribution in [2.24, 2.45) is 0 Å². The molecule has 0 bridgehead atoms. The van der Waals surface area contributed by atoms with Crippen molar-refractivity contribution in [3.8, 4) is 5.75 Å². The Morgan fingerprint density at radius 3 is 2.65 bits per heavy atom. The minimum atomic E-state index is -1.07. The molecule has 1 amide bonds. The first-order chi connectivity index (χ1) is 7.90. The van der Waals surface area contributed by atoms with E-state index >= 15 is 0 Å². The Balaban J connectivity index is 2.97. The van der Waals surface area contributed by atoms with Gasteiger partial charge in [-0.05, 0) is 18.6 Å². The van der Waals surface area contributed by atoms with Gasteiger partial charge in [0.2, 0.25) is 5.91 Å². The van der Waals surface area contributed by atoms with Crippen LogP contribution in [0.5, 0.6) is 5.75 Å². The fourth-order valence-corrected chi connectivity index (χ4v) is 1.50. The first-order valence-electron chi connectivity index (χ1n) is 4.82. The minimum Gasteiger partial charge on any atom is -0.482 e. The summed E-state index contributed by atoms with van der Waals surface area (Å²) in [7, 11) is 0. The number of aryl methyl sites for hydroxylation is 1. The SMILES string of the molecule is CC(=O)Nc1cc(OCC(=O)O)c(C)cc1Cl. The molecule has 0 aliphatic carbocycles. The van der Waals surface area contributed by atoms with Gasteiger partial charge in [0.15, 0.2) is 6.61 Å². The van der Waals surface area contributed by atoms with E-state index in [0.717, 1.165) is 0 Å². The number of ether oxygens (including phenoxy) is 1. The maximum atomic E-state index is 10.9. The molecule has 17 heavy (non-hydrogen) atoms. The third-order valence-corrected chi connectivity index (χ3v) is 2.24. The maximum Gasteiger partial charge on any atom is 0.341 e. The number of amides is 1. The predicted octanol–water partition coefficient (Wildman–Crippen LogP) is 2.07. The van der Waals surface area contributed by atoms with Crippen molar-refractivity contribution in [1.82, 2.24) is 0 Å². The first kappa shape index (κ1) is 13.3. The van der Waals surface area contributed by atoms with E-state index < -0.39 is 12.6 Å². The minimum absolute atomic E-state index is 0.264. The van der Waals surface area contributed by atoms with Crippen molar-refractivity contribution in [2.75, 3.05) is 11.9 Å². The van der Waals surface area contributed by atoms with Crippen LogP contribution >= 0.6 is 11.6 Å². The van der Waals surface area contributed by atoms with Crippen LogP contribution in [0.4, 0.5) is 5.69 Å². The zero-order chi connectivity index (χ0) is 13.0. The molecule has 1 aromatic carbocycles. The molecule has 0 fully saturated rings. The van der Waals surface area contributed by atoms with Crippen molar-refractivity contribution < 1.29 is 19.4 Å². The van der Waals surface area contributed by atoms with E-state index in [1.807, 2.05) is 0 Å². The largest absolute Gasteiger partial charge is 0.482 e. The van der Waals surface area contributed by atoms with Crippen LogP contribution in [-0.2, 0) is 9.59 Å². The van der Waals surface area contributed by atoms with Gasteiger partial charge in [-0.3, -0.25) is 4.79 Å². The molecule has 0 spiro atoms. The molecule has 5 nitrogen and oxygen atoms in total. The molecule has 0 radical (unpaired) electrons. The van der Waals surface area contributed by atoms with E-state index in [1.165, 1.54) is 13.0 Å². The number of carbonyl (C=O) groups is 2. The highest BCUT2D eigenvalue weighted by Gasteiger charge is 2.09. The van der Waals surface area contributed by atoms with Crippen LogP contribution < -0.4 is 10.1 Å². The third kappa shape index (κ3) is 3.96. The first-order valence-corrected chi connectivity index (χ1v) is 5.20. The maximum absolute atomic E-state index is 10.9. The zero-order valence-corrected chi connectivity index (χ0v) is 10.2. The summed E-state index contributed by atoms with van der Waals surface area (Å²) in [6, 6.07) is 3.10. The predicted molar refractivity (Wildman–Crippen MR) is 63.6 cm³/mol. The highest BCUT2D eigenvalue weighted by Crippen LogP contribution is 2.30. The van der Waals surface area contributed by atoms with Crippen molar-refractivity contribution in [1.29, 1.82) is 0 Å². The van der Waals surface area contributed by atoms with Gasteiger partial charge in [-0.1, -0.05) is 11.6 Å². The van der Waals surface area contributed by atoms with Gasteiger partial charge in [-0.2, -0.15) is 0 Å². The number of nitrogens with one attached hydrogen (secondary N) is 1. The lowest BCUT2D eigenvalue weighted by atomic mass is 10.2. The van der Waals surface area contributed by atoms with Crippen molar-refractivity contribution >= 4 is 29.2 Å². The number of carboxylic acids is 1. The van der Waals surface area contributed by atoms with Crippen LogP contribution in [0.15, 0.2) is 12.1 Å². The highest BCUT2D eigenvalue weighted by atomic mass is 35.5. The van der Waals surface area contributed by atoms with Gasteiger partial charge in [-0.15, -0.1) is 0 Å². The molecule has 6 heteroatoms. The molecule has 0 aromatic heterocycles. The van der Waals surface area contributed by atoms with Gasteiger partial charge < -0.3 is 15.2 Å². The second-order valence-corrected chi connectivity index (χ2v) is 3.87. The standard InChI is InChI=1S/C11H12ClNO4/c1-6-3-8(12)9(13-7(2)14)4-10(6)17-5-11(15)16/h3-4H,5H2,1-2H3,(H,13,14)(H,15,16). The van der Waals surface area contributed by atoms with Gasteiger partial charge in [0.25, 0.3) is 0 Å². The van der Waals surface area contributed by atoms with E-state index in [0.29, 0.717) is 22.0 Å². The molecule has 92 valence electrons. The quantitative estimate of drug-likeness (QED) is 0.866. The van der Waals surface area contributed by atoms with E-state index in [9.17, 15) is 9.59 Å². The molecule has 2 N–H and O–H groups in total. The molecule has 0 aliphatic heterocycles. The van der Waals surface area contributed by atoms with Crippen molar-refractivity contribution in [2.45, 2.75) is 13.8 Å². The smallest absolute Gasteiger partial charge is 0.341 e. The van der Waals surface area contributed by atoms with Gasteiger partial charge in [0.05, 0.1) is 10.7 Å². The van der Waals surface area contributed by atoms with Crippen LogP contribution in [0.1, 0.15) is 12.5 Å². The number of carbonyl (C=O) groups excluding carboxylic acids is 1. The number of halogens is 1. The molecule has 1 aromatic rings. The number of hydrogen-bond acceptors (Lipinski definition) is 3. The Bertz CT molecular complexity index is 459. The van der Waals surface area contributed by atoms with Crippen LogP contribution in [0.25, 0.3) is 0 Å². The monoisotopic (exact) mass is 257 g/mol. The van der Waals surface area contributed by atoms with E-state index in [-0.39, 0.29) is 5.91 Å². The summed E-state index contributed by atoms with van der Waals surface area (Å²) in [5, 5.41) is 11.4. The van der Waals surface area contributed by atoms with Crippen molar-refractivity contribution in [3.63, 3.8) is 0 Å². The molecule has 0 aliphatic rings. The molecule has 0 atom stereocenters. The fraction of sp³-hybridized carbons (Fsp3) is 0.273. The second-order valence-electron chi connectivity index (χ2n) is 3.46. The molecular formula is C11H12ClNO4. The summed E-state index contributed by atoms with van der Waals surface area (Å²) in [4.78, 5) is 21.3. The summed E-state index contributed by atoms with van der Waals surface area (Å²) >= 11 is 5.92. The molecule has 1 rings (SSSR count). The summed E-state index contributed by atoms with van der Waals surface area (Å²) in [6.45, 7) is 2.65. The highest BCUT2D eigenvalue weighted by molar-refractivity contribution is 6.33. The third-order valence-electron chi connectivity index (χ3n) is 1.93. The Morgan fingerprint density at radius 2 is 2.12 bits per heavy atom. The second kappa shape index (κ2) is 5.54. The van der Waals surface area contributed by atoms with Gasteiger partial charge in [0.1, 0.15) is 5.75 Å². The summed E-state index contributed by atoms with van der Waals surface area (Å²) in [5.74, 6) is -0.957. The molecule has 0 saturated carbocycles. The number of benzene rings is 1. The normalized spacial score (nSPS) is 9.82. The zero-order valence-electron chi connectivity index (χ0n) is 9.41. The number of rotatable bonds is 4. The molecular weight excluding hydrogens is 246 g/mol. The summed E-state index contributed by atoms with van der Waals surface area (Å²) in [6.07, 6.45) is 0. The van der Waals surface area contributed by atoms with Crippen LogP contribution in [0, 0.1) is 6.92 Å². The lowest BCUT2D eigenvalue weighted by Crippen LogP contribution is -2.11. The fourth-order valence-electron chi connectivity index (χ4n) is 1.23. The van der Waals surface area contributed by atoms with Gasteiger partial charge in [0, 0.05) is 13.0 Å². The van der Waals surface area contributed by atoms with Gasteiger partial charge in [-0.25, -0.2) is 4.79 Å². The average Bonchev–Trinajstić information content (AvgIpc) is 2.19. The average molecular weight is 258 g/mol. The topological polar surface area (TPSA) is 75.6 Å². The summed E-state index contributed by atoms with van der Waals surface area (Å²) in [5.41, 5.74) is 1.09. The number of hydrogen-bond donors (Lipinski definition) is 2. The van der Waals surface area contributed by atoms with Crippen LogP contribution in [0.2, 0.25) is 5.02 Å². The Labute approximate surface area is 103 Å². The number of carboxylic acid groups (broad SMARTS) is 1. The lowest BCUT2D eigenvalue weighted by molar-refractivity contribution is -0.139. The van der Waals surface area contributed by atoms with E-state index in [1.54, 1.807) is 13.0 Å². The number of aliphatic carboxylic acids is 1. The molecule has 0 heterocycles. The van der Waals surface area contributed by atoms with E-state index in [2.05, 4.69) is 5.32 Å². The molecule has 0 unspecified atom stereocenters. The Morgan fingerprint density at radius 1 is 1.47 bits per heavy atom. The van der Waals surface area contributed by atoms with Crippen molar-refractivity contribution in [3.05, 3.63) is 22.7 Å². The van der Waals surface area contributed by atoms with E-state index in [4.69, 9.17) is 21.4 Å². The Kier molecular flexibility index (Phi) is 4.34. The Hall–Kier alpha value is -1.75.